The van der Waals surface area contributed by atoms with E-state index in [1.54, 1.807) is 7.11 Å². The summed E-state index contributed by atoms with van der Waals surface area (Å²) < 4.78 is 7.12. The van der Waals surface area contributed by atoms with Crippen LogP contribution < -0.4 is 10.1 Å². The number of carbonyl (C=O) groups excluding carboxylic acids is 1. The molecule has 0 radical (unpaired) electrons. The third kappa shape index (κ3) is 2.61. The number of nitrogens with one attached hydrogen (secondary N) is 1. The molecule has 0 aliphatic carbocycles. The van der Waals surface area contributed by atoms with Crippen LogP contribution >= 0.6 is 11.3 Å². The van der Waals surface area contributed by atoms with Crippen molar-refractivity contribution < 1.29 is 9.53 Å². The first-order chi connectivity index (χ1) is 11.7. The Kier molecular flexibility index (Phi) is 3.66. The molecule has 1 N–H and O–H groups in total. The van der Waals surface area contributed by atoms with Gasteiger partial charge in [0.2, 0.25) is 0 Å². The molecule has 0 aliphatic rings. The van der Waals surface area contributed by atoms with Gasteiger partial charge in [-0.05, 0) is 35.9 Å². The number of pyridine rings is 1. The number of amides is 1. The normalized spacial score (nSPS) is 11.0. The standard InChI is InChI=1S/C18H15N3O2S/c1-23-13-7-5-12(6-8-13)11-19-17(22)15-10-14-18(24-15)20-16-4-2-3-9-21(14)16/h2-10H,11H2,1H3,(H,19,22). The quantitative estimate of drug-likeness (QED) is 0.620. The number of methoxy groups -OCH3 is 1. The molecule has 3 aromatic heterocycles. The summed E-state index contributed by atoms with van der Waals surface area (Å²) in [6.45, 7) is 0.478. The second kappa shape index (κ2) is 5.98. The summed E-state index contributed by atoms with van der Waals surface area (Å²) in [4.78, 5) is 18.5. The molecule has 3 heterocycles. The maximum atomic E-state index is 12.4. The van der Waals surface area contributed by atoms with Gasteiger partial charge in [0.05, 0.1) is 17.5 Å². The van der Waals surface area contributed by atoms with E-state index in [1.165, 1.54) is 11.3 Å². The van der Waals surface area contributed by atoms with Gasteiger partial charge in [0.15, 0.2) is 0 Å². The van der Waals surface area contributed by atoms with Crippen molar-refractivity contribution >= 4 is 33.2 Å². The first-order valence-electron chi connectivity index (χ1n) is 7.52. The van der Waals surface area contributed by atoms with E-state index in [1.807, 2.05) is 59.1 Å². The van der Waals surface area contributed by atoms with Gasteiger partial charge in [0, 0.05) is 12.7 Å². The predicted molar refractivity (Wildman–Crippen MR) is 94.7 cm³/mol. The summed E-state index contributed by atoms with van der Waals surface area (Å²) in [5, 5.41) is 2.95. The first kappa shape index (κ1) is 14.7. The van der Waals surface area contributed by atoms with Gasteiger partial charge in [0.25, 0.3) is 5.91 Å². The van der Waals surface area contributed by atoms with Crippen LogP contribution in [0.25, 0.3) is 16.0 Å². The zero-order valence-corrected chi connectivity index (χ0v) is 13.8. The van der Waals surface area contributed by atoms with Crippen LogP contribution in [0, 0.1) is 0 Å². The van der Waals surface area contributed by atoms with Crippen LogP contribution in [0.4, 0.5) is 0 Å². The number of rotatable bonds is 4. The molecule has 0 fully saturated rings. The second-order valence-corrected chi connectivity index (χ2v) is 6.40. The number of carbonyl (C=O) groups is 1. The van der Waals surface area contributed by atoms with Crippen LogP contribution in [0.15, 0.2) is 54.7 Å². The third-order valence-electron chi connectivity index (χ3n) is 3.84. The van der Waals surface area contributed by atoms with Gasteiger partial charge in [-0.15, -0.1) is 11.3 Å². The number of hydrogen-bond donors (Lipinski definition) is 1. The Labute approximate surface area is 142 Å². The van der Waals surface area contributed by atoms with Gasteiger partial charge in [-0.2, -0.15) is 0 Å². The number of aromatic nitrogens is 2. The summed E-state index contributed by atoms with van der Waals surface area (Å²) in [5.74, 6) is 0.718. The minimum atomic E-state index is -0.0847. The molecule has 0 saturated carbocycles. The van der Waals surface area contributed by atoms with Crippen LogP contribution in [-0.4, -0.2) is 22.4 Å². The third-order valence-corrected chi connectivity index (χ3v) is 4.86. The lowest BCUT2D eigenvalue weighted by atomic mass is 10.2. The Morgan fingerprint density at radius 3 is 2.88 bits per heavy atom. The Bertz CT molecular complexity index is 1020. The molecule has 0 aliphatic heterocycles. The molecule has 24 heavy (non-hydrogen) atoms. The van der Waals surface area contributed by atoms with Crippen LogP contribution in [0.2, 0.25) is 0 Å². The van der Waals surface area contributed by atoms with E-state index in [9.17, 15) is 4.79 Å². The fraction of sp³-hybridized carbons (Fsp3) is 0.111. The van der Waals surface area contributed by atoms with Crippen LogP contribution in [0.3, 0.4) is 0 Å². The molecule has 0 spiro atoms. The van der Waals surface area contributed by atoms with Gasteiger partial charge >= 0.3 is 0 Å². The van der Waals surface area contributed by atoms with E-state index in [0.717, 1.165) is 27.3 Å². The molecule has 4 rings (SSSR count). The van der Waals surface area contributed by atoms with Gasteiger partial charge < -0.3 is 10.1 Å². The summed E-state index contributed by atoms with van der Waals surface area (Å²) in [6.07, 6.45) is 1.95. The number of thiophene rings is 1. The Hall–Kier alpha value is -2.86. The van der Waals surface area contributed by atoms with E-state index in [0.29, 0.717) is 11.4 Å². The molecule has 0 saturated heterocycles. The van der Waals surface area contributed by atoms with Gasteiger partial charge in [-0.3, -0.25) is 9.20 Å². The fourth-order valence-corrected chi connectivity index (χ4v) is 3.53. The summed E-state index contributed by atoms with van der Waals surface area (Å²) in [5.41, 5.74) is 2.88. The molecule has 6 heteroatoms. The van der Waals surface area contributed by atoms with Gasteiger partial charge in [0.1, 0.15) is 16.2 Å². The van der Waals surface area contributed by atoms with Gasteiger partial charge in [-0.25, -0.2) is 4.98 Å². The lowest BCUT2D eigenvalue weighted by molar-refractivity contribution is 0.0955. The summed E-state index contributed by atoms with van der Waals surface area (Å²) >= 11 is 1.41. The van der Waals surface area contributed by atoms with Crippen LogP contribution in [0.1, 0.15) is 15.2 Å². The first-order valence-corrected chi connectivity index (χ1v) is 8.34. The monoisotopic (exact) mass is 337 g/mol. The SMILES string of the molecule is COc1ccc(CNC(=O)c2cc3c(nc4ccccn43)s2)cc1. The molecule has 4 aromatic rings. The van der Waals surface area contributed by atoms with Crippen molar-refractivity contribution in [3.05, 3.63) is 65.2 Å². The highest BCUT2D eigenvalue weighted by molar-refractivity contribution is 7.20. The van der Waals surface area contributed by atoms with E-state index in [2.05, 4.69) is 10.3 Å². The minimum absolute atomic E-state index is 0.0847. The lowest BCUT2D eigenvalue weighted by Crippen LogP contribution is -2.21. The second-order valence-electron chi connectivity index (χ2n) is 5.37. The Morgan fingerprint density at radius 1 is 1.25 bits per heavy atom. The maximum absolute atomic E-state index is 12.4. The minimum Gasteiger partial charge on any atom is -0.497 e. The van der Waals surface area contributed by atoms with Crippen molar-refractivity contribution in [2.24, 2.45) is 0 Å². The van der Waals surface area contributed by atoms with E-state index in [-0.39, 0.29) is 5.91 Å². The predicted octanol–water partition coefficient (Wildman–Crippen LogP) is 3.49. The average molecular weight is 337 g/mol. The van der Waals surface area contributed by atoms with Crippen molar-refractivity contribution in [2.75, 3.05) is 7.11 Å². The molecule has 0 unspecified atom stereocenters. The van der Waals surface area contributed by atoms with E-state index >= 15 is 0 Å². The Balaban J connectivity index is 1.52. The summed E-state index contributed by atoms with van der Waals surface area (Å²) in [6, 6.07) is 15.4. The van der Waals surface area contributed by atoms with E-state index < -0.39 is 0 Å². The summed E-state index contributed by atoms with van der Waals surface area (Å²) in [7, 11) is 1.63. The average Bonchev–Trinajstić information content (AvgIpc) is 3.18. The molecule has 5 nitrogen and oxygen atoms in total. The fourth-order valence-electron chi connectivity index (χ4n) is 2.58. The number of fused-ring (bicyclic) bond motifs is 3. The van der Waals surface area contributed by atoms with E-state index in [4.69, 9.17) is 4.74 Å². The molecule has 1 aromatic carbocycles. The van der Waals surface area contributed by atoms with Crippen LogP contribution in [0.5, 0.6) is 5.75 Å². The molecule has 120 valence electrons. The molecule has 0 bridgehead atoms. The van der Waals surface area contributed by atoms with Crippen molar-refractivity contribution in [1.29, 1.82) is 0 Å². The number of imidazole rings is 1. The number of ether oxygens (including phenoxy) is 1. The molecular formula is C18H15N3O2S. The maximum Gasteiger partial charge on any atom is 0.261 e. The number of nitrogens with zero attached hydrogens (tertiary/aromatic N) is 2. The van der Waals surface area contributed by atoms with Crippen molar-refractivity contribution in [3.63, 3.8) is 0 Å². The zero-order chi connectivity index (χ0) is 16.5. The smallest absolute Gasteiger partial charge is 0.261 e. The van der Waals surface area contributed by atoms with Gasteiger partial charge in [-0.1, -0.05) is 18.2 Å². The van der Waals surface area contributed by atoms with Crippen molar-refractivity contribution in [3.8, 4) is 5.75 Å². The highest BCUT2D eigenvalue weighted by Gasteiger charge is 2.14. The molecule has 0 atom stereocenters. The topological polar surface area (TPSA) is 55.6 Å². The van der Waals surface area contributed by atoms with Crippen molar-refractivity contribution in [2.45, 2.75) is 6.54 Å². The molecular weight excluding hydrogens is 322 g/mol. The lowest BCUT2D eigenvalue weighted by Gasteiger charge is -2.05. The molecule has 1 amide bonds. The highest BCUT2D eigenvalue weighted by Crippen LogP contribution is 2.26. The zero-order valence-electron chi connectivity index (χ0n) is 13.0. The van der Waals surface area contributed by atoms with Crippen LogP contribution in [-0.2, 0) is 6.54 Å². The van der Waals surface area contributed by atoms with Crippen molar-refractivity contribution in [1.82, 2.24) is 14.7 Å². The Morgan fingerprint density at radius 2 is 2.08 bits per heavy atom. The largest absolute Gasteiger partial charge is 0.497 e. The number of hydrogen-bond acceptors (Lipinski definition) is 4. The highest BCUT2D eigenvalue weighted by atomic mass is 32.1. The number of benzene rings is 1.